The van der Waals surface area contributed by atoms with Gasteiger partial charge in [0.1, 0.15) is 35.3 Å². The van der Waals surface area contributed by atoms with Gasteiger partial charge in [-0.15, -0.1) is 11.8 Å². The summed E-state index contributed by atoms with van der Waals surface area (Å²) in [4.78, 5) is 56.9. The molecule has 19 atom stereocenters. The third-order valence-corrected chi connectivity index (χ3v) is 18.0. The van der Waals surface area contributed by atoms with E-state index in [1.165, 1.54) is 20.2 Å². The Morgan fingerprint density at radius 1 is 0.921 bits per heavy atom. The van der Waals surface area contributed by atoms with E-state index in [-0.39, 0.29) is 48.8 Å². The number of pyridine rings is 1. The summed E-state index contributed by atoms with van der Waals surface area (Å²) in [6.07, 6.45) is -5.33. The summed E-state index contributed by atoms with van der Waals surface area (Å²) in [5.74, 6) is -5.17. The van der Waals surface area contributed by atoms with Crippen LogP contribution in [0.25, 0.3) is 10.9 Å². The fourth-order valence-electron chi connectivity index (χ4n) is 12.3. The number of ketones is 1. The van der Waals surface area contributed by atoms with E-state index in [2.05, 4.69) is 11.4 Å². The van der Waals surface area contributed by atoms with E-state index in [1.54, 1.807) is 46.6 Å². The lowest BCUT2D eigenvalue weighted by molar-refractivity contribution is -0.322. The Labute approximate surface area is 453 Å². The topological polar surface area (TPSA) is 243 Å². The van der Waals surface area contributed by atoms with Gasteiger partial charge in [-0.05, 0) is 112 Å². The summed E-state index contributed by atoms with van der Waals surface area (Å²) in [6.45, 7) is 21.0. The Bertz CT molecular complexity index is 2390. The second-order valence-electron chi connectivity index (χ2n) is 23.0. The number of cyclic esters (lactones) is 1. The predicted octanol–water partition coefficient (Wildman–Crippen LogP) is 5.37. The Balaban J connectivity index is 1.20. The van der Waals surface area contributed by atoms with Crippen LogP contribution in [-0.2, 0) is 53.9 Å². The van der Waals surface area contributed by atoms with Crippen LogP contribution in [0.15, 0.2) is 28.0 Å². The zero-order valence-electron chi connectivity index (χ0n) is 47.5. The van der Waals surface area contributed by atoms with Gasteiger partial charge < -0.3 is 73.1 Å². The zero-order valence-corrected chi connectivity index (χ0v) is 48.3. The normalized spacial score (nSPS) is 39.0. The number of nitrogens with zero attached hydrogens (tertiary/aromatic N) is 2. The number of aliphatic hydroxyl groups excluding tert-OH is 2. The number of carbonyl (C=O) groups is 3. The molecule has 0 saturated carbocycles. The van der Waals surface area contributed by atoms with Crippen molar-refractivity contribution in [3.05, 3.63) is 39.7 Å². The lowest BCUT2D eigenvalue weighted by atomic mass is 9.74. The Kier molecular flexibility index (Phi) is 20.9. The quantitative estimate of drug-likeness (QED) is 0.0760. The van der Waals surface area contributed by atoms with Gasteiger partial charge in [0.05, 0.1) is 59.8 Å². The van der Waals surface area contributed by atoms with Gasteiger partial charge in [0.2, 0.25) is 5.43 Å². The molecule has 76 heavy (non-hydrogen) atoms. The number of methoxy groups -OCH3 is 2. The Hall–Kier alpha value is -3.09. The number of Topliss-reactive ketones (excluding diaryl/α,β-unsaturated/α-hetero) is 1. The number of nitrogens with one attached hydrogen (secondary N) is 1. The molecule has 0 bridgehead atoms. The van der Waals surface area contributed by atoms with Crippen LogP contribution in [0.5, 0.6) is 0 Å². The molecular weight excluding hydrogens is 1000 g/mol. The number of rotatable bonds is 17. The molecule has 0 radical (unpaired) electrons. The molecule has 1 unspecified atom stereocenters. The van der Waals surface area contributed by atoms with Gasteiger partial charge >= 0.3 is 11.9 Å². The number of thioether (sulfide) groups is 1. The maximum Gasteiger partial charge on any atom is 0.341 e. The second-order valence-corrected chi connectivity index (χ2v) is 24.2. The molecule has 4 aliphatic heterocycles. The number of hydrogen-bond acceptors (Lipinski definition) is 18. The molecule has 430 valence electrons. The summed E-state index contributed by atoms with van der Waals surface area (Å²) < 4.78 is 54.0. The maximum absolute atomic E-state index is 14.6. The van der Waals surface area contributed by atoms with Gasteiger partial charge in [0.25, 0.3) is 0 Å². The van der Waals surface area contributed by atoms with Gasteiger partial charge in [0, 0.05) is 85.8 Å². The summed E-state index contributed by atoms with van der Waals surface area (Å²) >= 11 is 1.59. The molecule has 1 aromatic carbocycles. The third-order valence-electron chi connectivity index (χ3n) is 17.1. The number of ether oxygens (including phenoxy) is 8. The summed E-state index contributed by atoms with van der Waals surface area (Å²) in [5, 5.41) is 48.9. The van der Waals surface area contributed by atoms with Crippen molar-refractivity contribution in [2.75, 3.05) is 53.8 Å². The Morgan fingerprint density at radius 3 is 2.22 bits per heavy atom. The summed E-state index contributed by atoms with van der Waals surface area (Å²) in [5.41, 5.74) is -3.07. The molecule has 0 amide bonds. The van der Waals surface area contributed by atoms with Crippen LogP contribution < -0.4 is 10.7 Å². The molecule has 5 heterocycles. The van der Waals surface area contributed by atoms with Crippen LogP contribution in [0.3, 0.4) is 0 Å². The molecule has 6 rings (SSSR count). The van der Waals surface area contributed by atoms with Crippen LogP contribution in [-0.4, -0.2) is 186 Å². The lowest BCUT2D eigenvalue weighted by Gasteiger charge is -2.50. The van der Waals surface area contributed by atoms with Crippen molar-refractivity contribution >= 4 is 40.4 Å². The first kappa shape index (κ1) is 62.1. The van der Waals surface area contributed by atoms with Gasteiger partial charge in [-0.2, -0.15) is 0 Å². The van der Waals surface area contributed by atoms with E-state index in [0.29, 0.717) is 37.3 Å². The average molecular weight is 1090 g/mol. The number of esters is 1. The highest BCUT2D eigenvalue weighted by Gasteiger charge is 2.54. The van der Waals surface area contributed by atoms with Crippen molar-refractivity contribution in [3.8, 4) is 0 Å². The molecule has 3 saturated heterocycles. The van der Waals surface area contributed by atoms with Gasteiger partial charge in [-0.25, -0.2) is 4.79 Å². The molecule has 3 fully saturated rings. The van der Waals surface area contributed by atoms with E-state index < -0.39 is 113 Å². The van der Waals surface area contributed by atoms with Gasteiger partial charge in [-0.1, -0.05) is 27.7 Å². The minimum Gasteiger partial charge on any atom is -0.477 e. The third kappa shape index (κ3) is 13.2. The molecule has 1 aromatic heterocycles. The second kappa shape index (κ2) is 25.6. The first-order valence-corrected chi connectivity index (χ1v) is 28.2. The smallest absolute Gasteiger partial charge is 0.341 e. The molecule has 19 nitrogen and oxygen atoms in total. The molecule has 20 heteroatoms. The van der Waals surface area contributed by atoms with Crippen molar-refractivity contribution in [1.82, 2.24) is 14.8 Å². The molecule has 0 aliphatic carbocycles. The lowest BCUT2D eigenvalue weighted by Crippen LogP contribution is -2.61. The van der Waals surface area contributed by atoms with Crippen molar-refractivity contribution in [1.29, 1.82) is 0 Å². The number of aromatic carboxylic acids is 1. The number of aromatic nitrogens is 1. The van der Waals surface area contributed by atoms with Crippen molar-refractivity contribution in [3.63, 3.8) is 0 Å². The highest BCUT2D eigenvalue weighted by Crippen LogP contribution is 2.43. The van der Waals surface area contributed by atoms with Gasteiger partial charge in [-0.3, -0.25) is 14.4 Å². The standard InChI is InChI=1S/C56H89N3O16S/c1-16-41-56(11,67)48(63)32(5)44(60)29(2)26-54(9,68-14)49(75-53-46(62)40(58(12)13)23-31(4)71-53)33(6)47(34(7)52(66)73-41)74-42-27-55(10,69-15)50(35(8)72-42)70-21-19-57-20-22-76-37-24-36-18-17-30(3)59-28-39(51(64)65)45(61)38(25-37)43(36)59/h24-25,28-35,40-42,46-50,53,57,62-63,67H,16-23,26-27H2,1-15H3,(H,64,65)/t29-,30?,31+,32+,33+,34-,35+,40-,41-,42+,46+,47+,48-,49-,50+,53-,54-,55-,56-/m1/s1. The van der Waals surface area contributed by atoms with Gasteiger partial charge in [0.15, 0.2) is 12.6 Å². The predicted molar refractivity (Wildman–Crippen MR) is 287 cm³/mol. The molecule has 2 aromatic rings. The molecule has 0 spiro atoms. The fourth-order valence-corrected chi connectivity index (χ4v) is 13.2. The SMILES string of the molecule is CC[C@H]1OC(=O)[C@H](C)[C@@H](O[C@H]2C[C@@](C)(OC)[C@@H](OCCNCCSc3cc4c5c(c3)c(=O)c(C(=O)O)cn5C(C)CC4)[C@H](C)O2)[C@H](C)[C@@H](O[C@H]2O[C@@H](C)C[C@@H](N(C)C)[C@@H]2O)[C@](C)(OC)C[C@@H](C)C(=O)[C@H](C)[C@@H](O)[C@]1(C)O. The number of likely N-dealkylation sites (N-methyl/N-ethyl adjacent to an activating group) is 1. The molecular formula is C56H89N3O16S. The minimum atomic E-state index is -2.00. The number of carboxylic acid groups (broad SMARTS) is 1. The highest BCUT2D eigenvalue weighted by molar-refractivity contribution is 7.99. The van der Waals surface area contributed by atoms with E-state index in [4.69, 9.17) is 37.9 Å². The van der Waals surface area contributed by atoms with Crippen molar-refractivity contribution < 1.29 is 72.7 Å². The van der Waals surface area contributed by atoms with E-state index in [9.17, 15) is 39.6 Å². The number of hydrogen-bond donors (Lipinski definition) is 5. The maximum atomic E-state index is 14.6. The molecule has 4 aliphatic rings. The van der Waals surface area contributed by atoms with Crippen LogP contribution in [0.4, 0.5) is 0 Å². The monoisotopic (exact) mass is 1090 g/mol. The van der Waals surface area contributed by atoms with Crippen molar-refractivity contribution in [2.45, 2.75) is 210 Å². The van der Waals surface area contributed by atoms with E-state index >= 15 is 0 Å². The number of carbonyl (C=O) groups excluding carboxylic acids is 2. The largest absolute Gasteiger partial charge is 0.477 e. The first-order chi connectivity index (χ1) is 35.6. The summed E-state index contributed by atoms with van der Waals surface area (Å²) in [6, 6.07) is 3.69. The van der Waals surface area contributed by atoms with Crippen LogP contribution >= 0.6 is 11.8 Å². The number of benzene rings is 1. The zero-order chi connectivity index (χ0) is 56.4. The van der Waals surface area contributed by atoms with E-state index in [1.807, 2.05) is 71.2 Å². The van der Waals surface area contributed by atoms with Crippen LogP contribution in [0, 0.1) is 23.7 Å². The van der Waals surface area contributed by atoms with Crippen molar-refractivity contribution in [2.24, 2.45) is 23.7 Å². The fraction of sp³-hybridized carbons (Fsp3) is 0.786. The first-order valence-electron chi connectivity index (χ1n) is 27.3. The number of aryl methyl sites for hydroxylation is 1. The van der Waals surface area contributed by atoms with E-state index in [0.717, 1.165) is 28.8 Å². The average Bonchev–Trinajstić information content (AvgIpc) is 3.37. The Morgan fingerprint density at radius 2 is 1.59 bits per heavy atom. The highest BCUT2D eigenvalue weighted by atomic mass is 32.2. The number of carboxylic acids is 1. The van der Waals surface area contributed by atoms with Crippen LogP contribution in [0.2, 0.25) is 0 Å². The summed E-state index contributed by atoms with van der Waals surface area (Å²) in [7, 11) is 6.88. The molecule has 5 N–H and O–H groups in total. The minimum absolute atomic E-state index is 0.0853. The number of aliphatic hydroxyl groups is 3. The van der Waals surface area contributed by atoms with Crippen LogP contribution in [0.1, 0.15) is 130 Å².